The Hall–Kier alpha value is -3.27. The molecule has 3 aromatic rings. The highest BCUT2D eigenvalue weighted by Gasteiger charge is 2.53. The van der Waals surface area contributed by atoms with Gasteiger partial charge < -0.3 is 14.4 Å². The summed E-state index contributed by atoms with van der Waals surface area (Å²) in [5, 5.41) is 0. The number of carbonyl (C=O) groups excluding carboxylic acids is 1. The summed E-state index contributed by atoms with van der Waals surface area (Å²) in [5.74, 6) is 1.86. The molecule has 1 aliphatic heterocycles. The number of amides is 1. The molecule has 0 radical (unpaired) electrons. The van der Waals surface area contributed by atoms with Crippen LogP contribution in [0.1, 0.15) is 43.0 Å². The van der Waals surface area contributed by atoms with Gasteiger partial charge in [-0.2, -0.15) is 0 Å². The van der Waals surface area contributed by atoms with Gasteiger partial charge in [0.15, 0.2) is 0 Å². The van der Waals surface area contributed by atoms with E-state index in [9.17, 15) is 4.79 Å². The first-order chi connectivity index (χ1) is 15.3. The van der Waals surface area contributed by atoms with E-state index >= 15 is 0 Å². The lowest BCUT2D eigenvalue weighted by molar-refractivity contribution is -0.123. The monoisotopic (exact) mass is 427 g/mol. The molecule has 3 aromatic carbocycles. The molecule has 0 N–H and O–H groups in total. The van der Waals surface area contributed by atoms with E-state index in [0.717, 1.165) is 34.7 Å². The van der Waals surface area contributed by atoms with E-state index < -0.39 is 5.41 Å². The Balaban J connectivity index is 1.48. The lowest BCUT2D eigenvalue weighted by Gasteiger charge is -2.24. The van der Waals surface area contributed by atoms with Crippen molar-refractivity contribution >= 4 is 11.6 Å². The van der Waals surface area contributed by atoms with E-state index in [2.05, 4.69) is 45.0 Å². The Morgan fingerprint density at radius 3 is 2.31 bits per heavy atom. The van der Waals surface area contributed by atoms with Gasteiger partial charge in [-0.3, -0.25) is 4.79 Å². The second-order valence-corrected chi connectivity index (χ2v) is 9.84. The highest BCUT2D eigenvalue weighted by molar-refractivity contribution is 6.09. The van der Waals surface area contributed by atoms with Crippen LogP contribution in [-0.2, 0) is 29.6 Å². The minimum absolute atomic E-state index is 0.184. The molecule has 0 saturated heterocycles. The van der Waals surface area contributed by atoms with Crippen LogP contribution in [0.4, 0.5) is 5.69 Å². The molecule has 0 fully saturated rings. The molecule has 1 amide bonds. The zero-order valence-corrected chi connectivity index (χ0v) is 19.1. The quantitative estimate of drug-likeness (QED) is 0.555. The summed E-state index contributed by atoms with van der Waals surface area (Å²) in [4.78, 5) is 15.9. The molecular weight excluding hydrogens is 398 g/mol. The van der Waals surface area contributed by atoms with Gasteiger partial charge in [0.25, 0.3) is 0 Å². The Morgan fingerprint density at radius 2 is 1.59 bits per heavy atom. The molecule has 1 aliphatic carbocycles. The molecule has 32 heavy (non-hydrogen) atoms. The van der Waals surface area contributed by atoms with Crippen LogP contribution in [0.3, 0.4) is 0 Å². The number of ether oxygens (including phenoxy) is 2. The number of benzene rings is 3. The maximum absolute atomic E-state index is 14.0. The van der Waals surface area contributed by atoms with Crippen molar-refractivity contribution in [1.82, 2.24) is 0 Å². The van der Waals surface area contributed by atoms with Crippen LogP contribution in [0, 0.1) is 0 Å². The molecule has 2 aliphatic rings. The van der Waals surface area contributed by atoms with Crippen LogP contribution in [0.25, 0.3) is 0 Å². The van der Waals surface area contributed by atoms with Gasteiger partial charge in [-0.1, -0.05) is 36.4 Å². The molecule has 4 nitrogen and oxygen atoms in total. The second-order valence-electron chi connectivity index (χ2n) is 9.84. The van der Waals surface area contributed by atoms with Crippen molar-refractivity contribution in [1.29, 1.82) is 0 Å². The van der Waals surface area contributed by atoms with Crippen LogP contribution < -0.4 is 14.4 Å². The SMILES string of the molecule is COc1ccc(CN2C(=O)C3(Cc4ccc(OC(C)(C)C)cc4C3)c3ccccc32)cc1. The number of hydrogen-bond donors (Lipinski definition) is 0. The topological polar surface area (TPSA) is 38.8 Å². The second kappa shape index (κ2) is 7.40. The smallest absolute Gasteiger partial charge is 0.238 e. The Bertz CT molecular complexity index is 1180. The van der Waals surface area contributed by atoms with E-state index in [0.29, 0.717) is 13.0 Å². The van der Waals surface area contributed by atoms with E-state index in [4.69, 9.17) is 9.47 Å². The first kappa shape index (κ1) is 20.6. The van der Waals surface area contributed by atoms with E-state index in [1.807, 2.05) is 47.4 Å². The fraction of sp³-hybridized carbons (Fsp3) is 0.321. The standard InChI is InChI=1S/C28H29NO3/c1-27(2,3)32-23-14-11-20-16-28(17-21(20)15-23)24-7-5-6-8-25(24)29(26(28)30)18-19-9-12-22(31-4)13-10-19/h5-15H,16-18H2,1-4H3. The van der Waals surface area contributed by atoms with Gasteiger partial charge in [0.2, 0.25) is 5.91 Å². The average Bonchev–Trinajstić information content (AvgIpc) is 3.25. The number of hydrogen-bond acceptors (Lipinski definition) is 3. The van der Waals surface area contributed by atoms with Crippen LogP contribution in [-0.4, -0.2) is 18.6 Å². The predicted molar refractivity (Wildman–Crippen MR) is 127 cm³/mol. The highest BCUT2D eigenvalue weighted by Crippen LogP contribution is 2.50. The third kappa shape index (κ3) is 3.44. The number of para-hydroxylation sites is 1. The zero-order chi connectivity index (χ0) is 22.5. The molecule has 0 saturated carbocycles. The number of anilines is 1. The minimum atomic E-state index is -0.536. The first-order valence-corrected chi connectivity index (χ1v) is 11.1. The molecular formula is C28H29NO3. The minimum Gasteiger partial charge on any atom is -0.497 e. The van der Waals surface area contributed by atoms with E-state index in [1.165, 1.54) is 11.1 Å². The third-order valence-electron chi connectivity index (χ3n) is 6.45. The van der Waals surface area contributed by atoms with Gasteiger partial charge in [-0.15, -0.1) is 0 Å². The van der Waals surface area contributed by atoms with Crippen molar-refractivity contribution in [2.75, 3.05) is 12.0 Å². The summed E-state index contributed by atoms with van der Waals surface area (Å²) < 4.78 is 11.4. The lowest BCUT2D eigenvalue weighted by Crippen LogP contribution is -2.40. The first-order valence-electron chi connectivity index (χ1n) is 11.1. The van der Waals surface area contributed by atoms with Crippen molar-refractivity contribution in [2.45, 2.75) is 51.2 Å². The predicted octanol–water partition coefficient (Wildman–Crippen LogP) is 5.46. The van der Waals surface area contributed by atoms with Crippen molar-refractivity contribution in [3.05, 3.63) is 89.0 Å². The molecule has 0 aromatic heterocycles. The fourth-order valence-corrected chi connectivity index (χ4v) is 5.08. The van der Waals surface area contributed by atoms with Crippen LogP contribution in [0.2, 0.25) is 0 Å². The molecule has 1 heterocycles. The summed E-state index contributed by atoms with van der Waals surface area (Å²) in [7, 11) is 1.66. The molecule has 1 spiro atoms. The molecule has 1 atom stereocenters. The van der Waals surface area contributed by atoms with Crippen LogP contribution >= 0.6 is 0 Å². The Morgan fingerprint density at radius 1 is 0.906 bits per heavy atom. The maximum Gasteiger partial charge on any atom is 0.238 e. The van der Waals surface area contributed by atoms with Gasteiger partial charge in [0.05, 0.1) is 19.1 Å². The van der Waals surface area contributed by atoms with Gasteiger partial charge in [-0.05, 0) is 86.2 Å². The summed E-state index contributed by atoms with van der Waals surface area (Å²) in [6.45, 7) is 6.71. The van der Waals surface area contributed by atoms with Gasteiger partial charge >= 0.3 is 0 Å². The Labute approximate surface area is 189 Å². The molecule has 4 heteroatoms. The average molecular weight is 428 g/mol. The number of carbonyl (C=O) groups is 1. The van der Waals surface area contributed by atoms with Gasteiger partial charge in [0.1, 0.15) is 17.1 Å². The molecule has 0 bridgehead atoms. The van der Waals surface area contributed by atoms with Gasteiger partial charge in [-0.25, -0.2) is 0 Å². The maximum atomic E-state index is 14.0. The summed E-state index contributed by atoms with van der Waals surface area (Å²) in [6.07, 6.45) is 1.44. The largest absolute Gasteiger partial charge is 0.497 e. The van der Waals surface area contributed by atoms with E-state index in [-0.39, 0.29) is 11.5 Å². The summed E-state index contributed by atoms with van der Waals surface area (Å²) >= 11 is 0. The third-order valence-corrected chi connectivity index (χ3v) is 6.45. The number of nitrogens with zero attached hydrogens (tertiary/aromatic N) is 1. The van der Waals surface area contributed by atoms with Crippen molar-refractivity contribution in [3.63, 3.8) is 0 Å². The van der Waals surface area contributed by atoms with Crippen LogP contribution in [0.15, 0.2) is 66.7 Å². The number of fused-ring (bicyclic) bond motifs is 3. The lowest BCUT2D eigenvalue weighted by atomic mass is 9.79. The zero-order valence-electron chi connectivity index (χ0n) is 19.1. The van der Waals surface area contributed by atoms with E-state index in [1.54, 1.807) is 7.11 Å². The van der Waals surface area contributed by atoms with Crippen LogP contribution in [0.5, 0.6) is 11.5 Å². The number of methoxy groups -OCH3 is 1. The number of rotatable bonds is 4. The fourth-order valence-electron chi connectivity index (χ4n) is 5.08. The molecule has 5 rings (SSSR count). The normalized spacial score (nSPS) is 19.2. The van der Waals surface area contributed by atoms with Crippen molar-refractivity contribution in [2.24, 2.45) is 0 Å². The Kier molecular flexibility index (Phi) is 4.77. The van der Waals surface area contributed by atoms with Gasteiger partial charge in [0, 0.05) is 5.69 Å². The molecule has 164 valence electrons. The molecule has 1 unspecified atom stereocenters. The van der Waals surface area contributed by atoms with Crippen molar-refractivity contribution < 1.29 is 14.3 Å². The summed E-state index contributed by atoms with van der Waals surface area (Å²) in [5.41, 5.74) is 4.89. The highest BCUT2D eigenvalue weighted by atomic mass is 16.5. The summed E-state index contributed by atoms with van der Waals surface area (Å²) in [6, 6.07) is 22.5. The van der Waals surface area contributed by atoms with Crippen molar-refractivity contribution in [3.8, 4) is 11.5 Å².